The number of hydrogen-bond acceptors (Lipinski definition) is 3. The second-order valence-corrected chi connectivity index (χ2v) is 3.45. The molecule has 0 radical (unpaired) electrons. The third kappa shape index (κ3) is 3.69. The molecular weight excluding hydrogens is 200 g/mol. The van der Waals surface area contributed by atoms with E-state index in [2.05, 4.69) is 23.8 Å². The van der Waals surface area contributed by atoms with Crippen LogP contribution < -0.4 is 5.32 Å². The number of Topliss-reactive ketones (excluding diaryl/α,β-unsaturated/α-hetero) is 1. The molecule has 16 heavy (non-hydrogen) atoms. The molecule has 0 aliphatic rings. The Morgan fingerprint density at radius 2 is 2.31 bits per heavy atom. The van der Waals surface area contributed by atoms with E-state index < -0.39 is 0 Å². The topological polar surface area (TPSA) is 42.0 Å². The van der Waals surface area contributed by atoms with E-state index in [0.717, 1.165) is 12.1 Å². The number of pyridine rings is 1. The second kappa shape index (κ2) is 5.85. The van der Waals surface area contributed by atoms with Crippen LogP contribution >= 0.6 is 0 Å². The van der Waals surface area contributed by atoms with Crippen molar-refractivity contribution in [2.24, 2.45) is 0 Å². The number of carbonyl (C=O) groups excluding carboxylic acids is 1. The Labute approximate surface area is 95.9 Å². The Morgan fingerprint density at radius 1 is 1.56 bits per heavy atom. The van der Waals surface area contributed by atoms with Gasteiger partial charge in [-0.15, -0.1) is 0 Å². The van der Waals surface area contributed by atoms with Gasteiger partial charge in [-0.3, -0.25) is 4.79 Å². The number of ketones is 1. The molecule has 1 aromatic heterocycles. The van der Waals surface area contributed by atoms with Crippen molar-refractivity contribution in [3.63, 3.8) is 0 Å². The third-order valence-electron chi connectivity index (χ3n) is 2.01. The summed E-state index contributed by atoms with van der Waals surface area (Å²) in [5.74, 6) is 0.708. The van der Waals surface area contributed by atoms with Gasteiger partial charge >= 0.3 is 0 Å². The molecule has 1 rings (SSSR count). The molecule has 1 N–H and O–H groups in total. The number of hydrogen-bond donors (Lipinski definition) is 1. The molecule has 0 saturated heterocycles. The summed E-state index contributed by atoms with van der Waals surface area (Å²) >= 11 is 0. The SMILES string of the molecule is C=C(/C=C/CC)Nc1ccc(C(C)=O)cn1. The highest BCUT2D eigenvalue weighted by Gasteiger charge is 1.99. The molecule has 0 aromatic carbocycles. The molecule has 0 aliphatic carbocycles. The number of nitrogens with zero attached hydrogens (tertiary/aromatic N) is 1. The number of allylic oxidation sites excluding steroid dienone is 2. The van der Waals surface area contributed by atoms with Gasteiger partial charge in [-0.05, 0) is 31.6 Å². The number of aromatic nitrogens is 1. The van der Waals surface area contributed by atoms with Crippen LogP contribution in [0.3, 0.4) is 0 Å². The number of anilines is 1. The number of rotatable bonds is 5. The van der Waals surface area contributed by atoms with E-state index in [1.54, 1.807) is 18.3 Å². The minimum atomic E-state index is 0.0174. The minimum Gasteiger partial charge on any atom is -0.341 e. The van der Waals surface area contributed by atoms with Crippen LogP contribution in [0.1, 0.15) is 30.6 Å². The summed E-state index contributed by atoms with van der Waals surface area (Å²) in [4.78, 5) is 15.2. The maximum absolute atomic E-state index is 11.0. The first-order chi connectivity index (χ1) is 7.63. The molecule has 84 valence electrons. The maximum Gasteiger partial charge on any atom is 0.161 e. The average molecular weight is 216 g/mol. The molecule has 0 bridgehead atoms. The zero-order chi connectivity index (χ0) is 12.0. The van der Waals surface area contributed by atoms with Crippen LogP contribution in [0.15, 0.2) is 42.8 Å². The van der Waals surface area contributed by atoms with Crippen molar-refractivity contribution in [3.05, 3.63) is 48.3 Å². The molecule has 0 unspecified atom stereocenters. The van der Waals surface area contributed by atoms with Crippen LogP contribution in [0.2, 0.25) is 0 Å². The summed E-state index contributed by atoms with van der Waals surface area (Å²) in [7, 11) is 0. The summed E-state index contributed by atoms with van der Waals surface area (Å²) in [5.41, 5.74) is 1.39. The fraction of sp³-hybridized carbons (Fsp3) is 0.231. The van der Waals surface area contributed by atoms with Gasteiger partial charge in [-0.2, -0.15) is 0 Å². The molecule has 0 aliphatic heterocycles. The lowest BCUT2D eigenvalue weighted by molar-refractivity contribution is 0.101. The van der Waals surface area contributed by atoms with Crippen molar-refractivity contribution in [2.45, 2.75) is 20.3 Å². The van der Waals surface area contributed by atoms with Crippen molar-refractivity contribution in [1.29, 1.82) is 0 Å². The van der Waals surface area contributed by atoms with Crippen LogP contribution in [0.4, 0.5) is 5.82 Å². The third-order valence-corrected chi connectivity index (χ3v) is 2.01. The highest BCUT2D eigenvalue weighted by atomic mass is 16.1. The van der Waals surface area contributed by atoms with E-state index in [1.807, 2.05) is 12.2 Å². The Bertz CT molecular complexity index is 404. The molecule has 0 atom stereocenters. The van der Waals surface area contributed by atoms with E-state index >= 15 is 0 Å². The van der Waals surface area contributed by atoms with E-state index in [-0.39, 0.29) is 5.78 Å². The predicted octanol–water partition coefficient (Wildman–Crippen LogP) is 3.18. The minimum absolute atomic E-state index is 0.0174. The monoisotopic (exact) mass is 216 g/mol. The number of nitrogens with one attached hydrogen (secondary N) is 1. The lowest BCUT2D eigenvalue weighted by Crippen LogP contribution is -1.99. The van der Waals surface area contributed by atoms with Crippen LogP contribution in [-0.2, 0) is 0 Å². The molecule has 1 aromatic rings. The van der Waals surface area contributed by atoms with Gasteiger partial charge in [-0.1, -0.05) is 19.6 Å². The van der Waals surface area contributed by atoms with Gasteiger partial charge in [0.1, 0.15) is 5.82 Å². The lowest BCUT2D eigenvalue weighted by Gasteiger charge is -2.04. The van der Waals surface area contributed by atoms with Gasteiger partial charge < -0.3 is 5.32 Å². The molecule has 3 heteroatoms. The summed E-state index contributed by atoms with van der Waals surface area (Å²) in [6.07, 6.45) is 6.44. The van der Waals surface area contributed by atoms with Crippen LogP contribution in [0, 0.1) is 0 Å². The standard InChI is InChI=1S/C13H16N2O/c1-4-5-6-10(2)15-13-8-7-12(9-14-13)11(3)16/h5-9H,2,4H2,1,3H3,(H,14,15)/b6-5+. The van der Waals surface area contributed by atoms with Gasteiger partial charge in [0.05, 0.1) is 0 Å². The summed E-state index contributed by atoms with van der Waals surface area (Å²) < 4.78 is 0. The van der Waals surface area contributed by atoms with Crippen molar-refractivity contribution in [3.8, 4) is 0 Å². The molecule has 0 spiro atoms. The molecule has 0 amide bonds. The van der Waals surface area contributed by atoms with E-state index in [0.29, 0.717) is 11.4 Å². The maximum atomic E-state index is 11.0. The zero-order valence-corrected chi connectivity index (χ0v) is 9.66. The van der Waals surface area contributed by atoms with Gasteiger partial charge in [-0.25, -0.2) is 4.98 Å². The molecule has 0 saturated carbocycles. The Balaban J connectivity index is 2.65. The van der Waals surface area contributed by atoms with Gasteiger partial charge in [0, 0.05) is 17.5 Å². The Kier molecular flexibility index (Phi) is 4.45. The smallest absolute Gasteiger partial charge is 0.161 e. The fourth-order valence-electron chi connectivity index (χ4n) is 1.14. The van der Waals surface area contributed by atoms with Crippen molar-refractivity contribution < 1.29 is 4.79 Å². The number of carbonyl (C=O) groups is 1. The van der Waals surface area contributed by atoms with E-state index in [4.69, 9.17) is 0 Å². The highest BCUT2D eigenvalue weighted by Crippen LogP contribution is 2.08. The lowest BCUT2D eigenvalue weighted by atomic mass is 10.2. The summed E-state index contributed by atoms with van der Waals surface area (Å²) in [5, 5.41) is 3.04. The normalized spacial score (nSPS) is 10.4. The summed E-state index contributed by atoms with van der Waals surface area (Å²) in [6, 6.07) is 3.51. The van der Waals surface area contributed by atoms with Gasteiger partial charge in [0.15, 0.2) is 5.78 Å². The van der Waals surface area contributed by atoms with Crippen LogP contribution in [0.5, 0.6) is 0 Å². The van der Waals surface area contributed by atoms with Gasteiger partial charge in [0.2, 0.25) is 0 Å². The van der Waals surface area contributed by atoms with Gasteiger partial charge in [0.25, 0.3) is 0 Å². The van der Waals surface area contributed by atoms with E-state index in [1.165, 1.54) is 6.92 Å². The predicted molar refractivity (Wildman–Crippen MR) is 66.4 cm³/mol. The average Bonchev–Trinajstić information content (AvgIpc) is 2.27. The molecule has 1 heterocycles. The molecule has 0 fully saturated rings. The van der Waals surface area contributed by atoms with Crippen LogP contribution in [0.25, 0.3) is 0 Å². The van der Waals surface area contributed by atoms with Crippen molar-refractivity contribution >= 4 is 11.6 Å². The first kappa shape index (κ1) is 12.2. The fourth-order valence-corrected chi connectivity index (χ4v) is 1.14. The molecule has 3 nitrogen and oxygen atoms in total. The zero-order valence-electron chi connectivity index (χ0n) is 9.66. The first-order valence-electron chi connectivity index (χ1n) is 5.23. The van der Waals surface area contributed by atoms with E-state index in [9.17, 15) is 4.79 Å². The first-order valence-corrected chi connectivity index (χ1v) is 5.23. The van der Waals surface area contributed by atoms with Crippen LogP contribution in [-0.4, -0.2) is 10.8 Å². The van der Waals surface area contributed by atoms with Crippen molar-refractivity contribution in [1.82, 2.24) is 4.98 Å². The Hall–Kier alpha value is -1.90. The summed E-state index contributed by atoms with van der Waals surface area (Å²) in [6.45, 7) is 7.42. The van der Waals surface area contributed by atoms with Crippen molar-refractivity contribution in [2.75, 3.05) is 5.32 Å². The highest BCUT2D eigenvalue weighted by molar-refractivity contribution is 5.93. The second-order valence-electron chi connectivity index (χ2n) is 3.45. The Morgan fingerprint density at radius 3 is 2.81 bits per heavy atom. The molecular formula is C13H16N2O. The largest absolute Gasteiger partial charge is 0.341 e. The quantitative estimate of drug-likeness (QED) is 0.607.